The molecule has 1 aliphatic carbocycles. The highest BCUT2D eigenvalue weighted by molar-refractivity contribution is 5.84. The van der Waals surface area contributed by atoms with Crippen molar-refractivity contribution in [2.75, 3.05) is 0 Å². The van der Waals surface area contributed by atoms with Crippen LogP contribution in [0.15, 0.2) is 42.7 Å². The summed E-state index contributed by atoms with van der Waals surface area (Å²) in [6.45, 7) is 6.39. The van der Waals surface area contributed by atoms with Crippen molar-refractivity contribution in [1.29, 1.82) is 5.26 Å². The fourth-order valence-electron chi connectivity index (χ4n) is 4.55. The van der Waals surface area contributed by atoms with Crippen molar-refractivity contribution in [3.8, 4) is 28.5 Å². The molecule has 1 saturated carbocycles. The Kier molecular flexibility index (Phi) is 5.35. The summed E-state index contributed by atoms with van der Waals surface area (Å²) >= 11 is 0. The highest BCUT2D eigenvalue weighted by Gasteiger charge is 2.43. The van der Waals surface area contributed by atoms with Gasteiger partial charge < -0.3 is 4.74 Å². The maximum absolute atomic E-state index is 15.0. The Morgan fingerprint density at radius 1 is 1.21 bits per heavy atom. The molecule has 3 heterocycles. The summed E-state index contributed by atoms with van der Waals surface area (Å²) in [6, 6.07) is 10.0. The summed E-state index contributed by atoms with van der Waals surface area (Å²) in [5.41, 5.74) is 2.83. The van der Waals surface area contributed by atoms with Gasteiger partial charge in [-0.3, -0.25) is 14.6 Å². The number of benzene rings is 1. The molecule has 1 atom stereocenters. The van der Waals surface area contributed by atoms with E-state index in [4.69, 9.17) is 9.84 Å². The van der Waals surface area contributed by atoms with Crippen LogP contribution >= 0.6 is 0 Å². The van der Waals surface area contributed by atoms with Crippen molar-refractivity contribution in [3.63, 3.8) is 0 Å². The van der Waals surface area contributed by atoms with Crippen LogP contribution in [-0.2, 0) is 17.8 Å². The van der Waals surface area contributed by atoms with Gasteiger partial charge in [0.2, 0.25) is 0 Å². The minimum atomic E-state index is -0.608. The second-order valence-electron chi connectivity index (χ2n) is 9.91. The van der Waals surface area contributed by atoms with Crippen LogP contribution in [0.4, 0.5) is 9.18 Å². The van der Waals surface area contributed by atoms with Gasteiger partial charge in [0.15, 0.2) is 0 Å². The van der Waals surface area contributed by atoms with Crippen molar-refractivity contribution in [2.45, 2.75) is 58.3 Å². The van der Waals surface area contributed by atoms with Crippen molar-refractivity contribution in [2.24, 2.45) is 5.92 Å². The first-order valence-corrected chi connectivity index (χ1v) is 11.4. The van der Waals surface area contributed by atoms with E-state index in [1.54, 1.807) is 17.3 Å². The van der Waals surface area contributed by atoms with Crippen LogP contribution in [-0.4, -0.2) is 37.4 Å². The topological polar surface area (TPSA) is 84.0 Å². The fourth-order valence-corrected chi connectivity index (χ4v) is 4.55. The Labute approximate surface area is 197 Å². The third-order valence-electron chi connectivity index (χ3n) is 6.25. The van der Waals surface area contributed by atoms with Gasteiger partial charge in [-0.25, -0.2) is 9.18 Å². The monoisotopic (exact) mass is 459 g/mol. The Hall–Kier alpha value is -3.73. The van der Waals surface area contributed by atoms with E-state index in [1.807, 2.05) is 37.6 Å². The number of fused-ring (bicyclic) bond motifs is 1. The molecule has 0 bridgehead atoms. The molecule has 0 saturated heterocycles. The number of hydrogen-bond donors (Lipinski definition) is 0. The van der Waals surface area contributed by atoms with Crippen LogP contribution in [0.5, 0.6) is 0 Å². The van der Waals surface area contributed by atoms with Crippen molar-refractivity contribution < 1.29 is 13.9 Å². The lowest BCUT2D eigenvalue weighted by molar-refractivity contribution is 0.00373. The molecule has 174 valence electrons. The average Bonchev–Trinajstić information content (AvgIpc) is 3.58. The first kappa shape index (κ1) is 22.1. The second-order valence-corrected chi connectivity index (χ2v) is 9.91. The molecule has 0 spiro atoms. The third kappa shape index (κ3) is 4.14. The van der Waals surface area contributed by atoms with Crippen molar-refractivity contribution in [1.82, 2.24) is 19.7 Å². The number of rotatable bonds is 3. The van der Waals surface area contributed by atoms with Gasteiger partial charge in [0.25, 0.3) is 0 Å². The van der Waals surface area contributed by atoms with Gasteiger partial charge in [-0.1, -0.05) is 0 Å². The maximum Gasteiger partial charge on any atom is 0.410 e. The quantitative estimate of drug-likeness (QED) is 0.541. The number of nitrogens with zero attached hydrogens (tertiary/aromatic N) is 5. The van der Waals surface area contributed by atoms with Gasteiger partial charge in [-0.05, 0) is 75.4 Å². The number of hydrogen-bond acceptors (Lipinski definition) is 5. The number of amides is 1. The molecular formula is C26H26FN5O2. The molecule has 1 aromatic carbocycles. The third-order valence-corrected chi connectivity index (χ3v) is 6.25. The molecule has 34 heavy (non-hydrogen) atoms. The van der Waals surface area contributed by atoms with Crippen LogP contribution in [0.1, 0.15) is 44.9 Å². The van der Waals surface area contributed by atoms with E-state index in [9.17, 15) is 10.1 Å². The SMILES string of the molecule is CC(C)(C)OC(=O)N1Cc2c(-c3ccncc3)c(-c3cc(C#N)ccc3F)nn2CC1C1CC1. The summed E-state index contributed by atoms with van der Waals surface area (Å²) in [4.78, 5) is 19.1. The Balaban J connectivity index is 1.66. The summed E-state index contributed by atoms with van der Waals surface area (Å²) < 4.78 is 22.6. The molecule has 3 aromatic rings. The highest BCUT2D eigenvalue weighted by atomic mass is 19.1. The van der Waals surface area contributed by atoms with Crippen LogP contribution in [0.3, 0.4) is 0 Å². The first-order chi connectivity index (χ1) is 16.2. The molecule has 0 radical (unpaired) electrons. The van der Waals surface area contributed by atoms with Crippen LogP contribution < -0.4 is 0 Å². The lowest BCUT2D eigenvalue weighted by Gasteiger charge is -2.37. The lowest BCUT2D eigenvalue weighted by Crippen LogP contribution is -2.49. The number of ether oxygens (including phenoxy) is 1. The zero-order valence-electron chi connectivity index (χ0n) is 19.5. The molecule has 5 rings (SSSR count). The lowest BCUT2D eigenvalue weighted by atomic mass is 9.97. The van der Waals surface area contributed by atoms with Crippen LogP contribution in [0, 0.1) is 23.1 Å². The van der Waals surface area contributed by atoms with Gasteiger partial charge in [0, 0.05) is 23.5 Å². The predicted octanol–water partition coefficient (Wildman–Crippen LogP) is 5.15. The zero-order valence-corrected chi connectivity index (χ0v) is 19.5. The van der Waals surface area contributed by atoms with Crippen molar-refractivity contribution in [3.05, 3.63) is 59.8 Å². The minimum absolute atomic E-state index is 0.0318. The smallest absolute Gasteiger partial charge is 0.410 e. The second kappa shape index (κ2) is 8.24. The van der Waals surface area contributed by atoms with Gasteiger partial charge in [0.05, 0.1) is 36.5 Å². The highest BCUT2D eigenvalue weighted by Crippen LogP contribution is 2.43. The molecule has 0 N–H and O–H groups in total. The van der Waals surface area contributed by atoms with E-state index < -0.39 is 11.4 Å². The van der Waals surface area contributed by atoms with Crippen molar-refractivity contribution >= 4 is 6.09 Å². The summed E-state index contributed by atoms with van der Waals surface area (Å²) in [7, 11) is 0. The van der Waals surface area contributed by atoms with E-state index in [0.29, 0.717) is 30.3 Å². The molecular weight excluding hydrogens is 433 g/mol. The molecule has 7 nitrogen and oxygen atoms in total. The maximum atomic E-state index is 15.0. The Morgan fingerprint density at radius 2 is 1.94 bits per heavy atom. The molecule has 1 unspecified atom stereocenters. The average molecular weight is 460 g/mol. The van der Waals surface area contributed by atoms with E-state index in [2.05, 4.69) is 11.1 Å². The van der Waals surface area contributed by atoms with E-state index in [0.717, 1.165) is 29.7 Å². The number of halogens is 1. The number of carbonyl (C=O) groups is 1. The first-order valence-electron chi connectivity index (χ1n) is 11.4. The van der Waals surface area contributed by atoms with Crippen LogP contribution in [0.2, 0.25) is 0 Å². The molecule has 2 aromatic heterocycles. The summed E-state index contributed by atoms with van der Waals surface area (Å²) in [6.07, 6.45) is 5.11. The zero-order chi connectivity index (χ0) is 24.0. The molecule has 1 aliphatic heterocycles. The fraction of sp³-hybridized carbons (Fsp3) is 0.385. The number of nitriles is 1. The number of carbonyl (C=O) groups excluding carboxylic acids is 1. The van der Waals surface area contributed by atoms with E-state index in [1.165, 1.54) is 18.2 Å². The van der Waals surface area contributed by atoms with Gasteiger partial charge in [-0.15, -0.1) is 0 Å². The normalized spacial score (nSPS) is 17.7. The molecule has 1 amide bonds. The van der Waals surface area contributed by atoms with Crippen LogP contribution in [0.25, 0.3) is 22.4 Å². The number of pyridine rings is 1. The standard InChI is InChI=1S/C26H26FN5O2/c1-26(2,3)34-25(33)31-14-22-23(18-8-10-29-11-9-18)24(19-12-16(13-28)4-7-20(19)27)30-32(22)15-21(31)17-5-6-17/h4,7-12,17,21H,5-6,14-15H2,1-3H3. The molecule has 8 heteroatoms. The minimum Gasteiger partial charge on any atom is -0.444 e. The largest absolute Gasteiger partial charge is 0.444 e. The predicted molar refractivity (Wildman–Crippen MR) is 124 cm³/mol. The van der Waals surface area contributed by atoms with Gasteiger partial charge >= 0.3 is 6.09 Å². The summed E-state index contributed by atoms with van der Waals surface area (Å²) in [5, 5.41) is 14.2. The van der Waals surface area contributed by atoms with Gasteiger partial charge in [0.1, 0.15) is 17.1 Å². The van der Waals surface area contributed by atoms with E-state index >= 15 is 4.39 Å². The molecule has 1 fully saturated rings. The van der Waals surface area contributed by atoms with Gasteiger partial charge in [-0.2, -0.15) is 10.4 Å². The Bertz CT molecular complexity index is 1290. The summed E-state index contributed by atoms with van der Waals surface area (Å²) in [5.74, 6) is -0.0520. The van der Waals surface area contributed by atoms with E-state index in [-0.39, 0.29) is 17.7 Å². The number of aromatic nitrogens is 3. The Morgan fingerprint density at radius 3 is 2.59 bits per heavy atom. The molecule has 2 aliphatic rings.